The monoisotopic (exact) mass is 378 g/mol. The Morgan fingerprint density at radius 3 is 2.04 bits per heavy atom. The Labute approximate surface area is 166 Å². The molecule has 5 heteroatoms. The van der Waals surface area contributed by atoms with E-state index in [1.165, 1.54) is 29.8 Å². The molecule has 0 aliphatic rings. The van der Waals surface area contributed by atoms with Gasteiger partial charge in [-0.05, 0) is 47.2 Å². The van der Waals surface area contributed by atoms with E-state index in [1.807, 2.05) is 32.0 Å². The van der Waals surface area contributed by atoms with Gasteiger partial charge in [-0.2, -0.15) is 5.26 Å². The molecule has 28 heavy (non-hydrogen) atoms. The van der Waals surface area contributed by atoms with Crippen molar-refractivity contribution in [3.8, 4) is 6.07 Å². The van der Waals surface area contributed by atoms with E-state index in [-0.39, 0.29) is 24.5 Å². The third-order valence-electron chi connectivity index (χ3n) is 4.53. The van der Waals surface area contributed by atoms with Gasteiger partial charge in [-0.3, -0.25) is 4.79 Å². The molecule has 0 unspecified atom stereocenters. The number of hydrogen-bond acceptors (Lipinski definition) is 4. The normalized spacial score (nSPS) is 11.8. The van der Waals surface area contributed by atoms with Crippen molar-refractivity contribution in [2.45, 2.75) is 39.7 Å². The molecular formula is C23H26N2O3. The van der Waals surface area contributed by atoms with Gasteiger partial charge in [0, 0.05) is 0 Å². The summed E-state index contributed by atoms with van der Waals surface area (Å²) in [7, 11) is 0. The van der Waals surface area contributed by atoms with Crippen LogP contribution in [-0.4, -0.2) is 18.5 Å². The number of esters is 1. The van der Waals surface area contributed by atoms with Crippen molar-refractivity contribution in [3.05, 3.63) is 70.8 Å². The van der Waals surface area contributed by atoms with E-state index in [4.69, 9.17) is 10.00 Å². The first-order valence-corrected chi connectivity index (χ1v) is 9.38. The van der Waals surface area contributed by atoms with Crippen molar-refractivity contribution in [2.24, 2.45) is 5.92 Å². The molecule has 2 rings (SSSR count). The summed E-state index contributed by atoms with van der Waals surface area (Å²) in [6.07, 6.45) is 0. The van der Waals surface area contributed by atoms with Gasteiger partial charge < -0.3 is 10.1 Å². The minimum absolute atomic E-state index is 0.165. The van der Waals surface area contributed by atoms with Crippen LogP contribution in [0.4, 0.5) is 0 Å². The van der Waals surface area contributed by atoms with Gasteiger partial charge >= 0.3 is 5.97 Å². The molecule has 0 heterocycles. The van der Waals surface area contributed by atoms with Gasteiger partial charge in [-0.1, -0.05) is 52.0 Å². The molecule has 0 aliphatic carbocycles. The van der Waals surface area contributed by atoms with Gasteiger partial charge in [0.15, 0.2) is 6.61 Å². The molecule has 1 N–H and O–H groups in total. The maximum Gasteiger partial charge on any atom is 0.338 e. The highest BCUT2D eigenvalue weighted by Crippen LogP contribution is 2.24. The van der Waals surface area contributed by atoms with Crippen molar-refractivity contribution in [2.75, 3.05) is 6.61 Å². The third kappa shape index (κ3) is 5.68. The molecular weight excluding hydrogens is 352 g/mol. The van der Waals surface area contributed by atoms with Crippen molar-refractivity contribution in [1.29, 1.82) is 5.26 Å². The largest absolute Gasteiger partial charge is 0.452 e. The van der Waals surface area contributed by atoms with E-state index in [1.54, 1.807) is 0 Å². The molecule has 1 amide bonds. The summed E-state index contributed by atoms with van der Waals surface area (Å²) in [5.74, 6) is -0.318. The molecule has 0 spiro atoms. The van der Waals surface area contributed by atoms with E-state index >= 15 is 0 Å². The zero-order valence-electron chi connectivity index (χ0n) is 16.7. The summed E-state index contributed by atoms with van der Waals surface area (Å²) >= 11 is 0. The number of amides is 1. The second-order valence-electron chi connectivity index (χ2n) is 7.38. The lowest BCUT2D eigenvalue weighted by Crippen LogP contribution is -2.35. The zero-order chi connectivity index (χ0) is 20.7. The SMILES string of the molecule is CC(C)c1ccc([C@@H](NC(=O)COC(=O)c2ccc(C#N)cc2)C(C)C)cc1. The Bertz CT molecular complexity index is 847. The highest BCUT2D eigenvalue weighted by atomic mass is 16.5. The van der Waals surface area contributed by atoms with Crippen LogP contribution in [0.3, 0.4) is 0 Å². The van der Waals surface area contributed by atoms with Gasteiger partial charge in [0.1, 0.15) is 0 Å². The first-order valence-electron chi connectivity index (χ1n) is 9.38. The van der Waals surface area contributed by atoms with Crippen LogP contribution in [0.15, 0.2) is 48.5 Å². The van der Waals surface area contributed by atoms with E-state index in [9.17, 15) is 9.59 Å². The van der Waals surface area contributed by atoms with Crippen LogP contribution >= 0.6 is 0 Å². The van der Waals surface area contributed by atoms with Crippen LogP contribution in [-0.2, 0) is 9.53 Å². The lowest BCUT2D eigenvalue weighted by molar-refractivity contribution is -0.125. The molecule has 0 radical (unpaired) electrons. The summed E-state index contributed by atoms with van der Waals surface area (Å²) in [5, 5.41) is 11.7. The van der Waals surface area contributed by atoms with Crippen molar-refractivity contribution in [3.63, 3.8) is 0 Å². The third-order valence-corrected chi connectivity index (χ3v) is 4.53. The average Bonchev–Trinajstić information content (AvgIpc) is 2.70. The molecule has 0 bridgehead atoms. The highest BCUT2D eigenvalue weighted by molar-refractivity contribution is 5.91. The van der Waals surface area contributed by atoms with Gasteiger partial charge in [0.2, 0.25) is 0 Å². The molecule has 0 saturated carbocycles. The molecule has 5 nitrogen and oxygen atoms in total. The molecule has 2 aromatic carbocycles. The average molecular weight is 378 g/mol. The number of hydrogen-bond donors (Lipinski definition) is 1. The standard InChI is InChI=1S/C23H26N2O3/c1-15(2)18-9-11-19(12-10-18)22(16(3)4)25-21(26)14-28-23(27)20-7-5-17(13-24)6-8-20/h5-12,15-16,22H,14H2,1-4H3,(H,25,26)/t22-/m0/s1. The number of rotatable bonds is 7. The molecule has 146 valence electrons. The molecule has 0 aliphatic heterocycles. The van der Waals surface area contributed by atoms with E-state index in [0.29, 0.717) is 17.0 Å². The molecule has 1 atom stereocenters. The van der Waals surface area contributed by atoms with Gasteiger partial charge in [-0.15, -0.1) is 0 Å². The number of nitrogens with zero attached hydrogens (tertiary/aromatic N) is 1. The van der Waals surface area contributed by atoms with Gasteiger partial charge in [-0.25, -0.2) is 4.79 Å². The summed E-state index contributed by atoms with van der Waals surface area (Å²) in [4.78, 5) is 24.4. The predicted molar refractivity (Wildman–Crippen MR) is 108 cm³/mol. The summed E-state index contributed by atoms with van der Waals surface area (Å²) < 4.78 is 5.10. The smallest absolute Gasteiger partial charge is 0.338 e. The number of nitrogens with one attached hydrogen (secondary N) is 1. The van der Waals surface area contributed by atoms with E-state index in [0.717, 1.165) is 5.56 Å². The minimum Gasteiger partial charge on any atom is -0.452 e. The van der Waals surface area contributed by atoms with Gasteiger partial charge in [0.05, 0.1) is 23.2 Å². The van der Waals surface area contributed by atoms with Crippen LogP contribution < -0.4 is 5.32 Å². The van der Waals surface area contributed by atoms with Gasteiger partial charge in [0.25, 0.3) is 5.91 Å². The first kappa shape index (κ1) is 21.2. The van der Waals surface area contributed by atoms with Crippen molar-refractivity contribution >= 4 is 11.9 Å². The maximum absolute atomic E-state index is 12.3. The Morgan fingerprint density at radius 1 is 0.964 bits per heavy atom. The molecule has 0 aromatic heterocycles. The fourth-order valence-corrected chi connectivity index (χ4v) is 2.83. The van der Waals surface area contributed by atoms with Crippen LogP contribution in [0.5, 0.6) is 0 Å². The number of benzene rings is 2. The number of nitriles is 1. The Balaban J connectivity index is 1.96. The quantitative estimate of drug-likeness (QED) is 0.726. The second-order valence-corrected chi connectivity index (χ2v) is 7.38. The predicted octanol–water partition coefficient (Wildman–Crippen LogP) is 4.35. The molecule has 2 aromatic rings. The zero-order valence-corrected chi connectivity index (χ0v) is 16.7. The lowest BCUT2D eigenvalue weighted by Gasteiger charge is -2.23. The minimum atomic E-state index is -0.595. The second kappa shape index (κ2) is 9.70. The Kier molecular flexibility index (Phi) is 7.34. The summed E-state index contributed by atoms with van der Waals surface area (Å²) in [6, 6.07) is 16.1. The first-order chi connectivity index (χ1) is 13.3. The van der Waals surface area contributed by atoms with Crippen LogP contribution in [0, 0.1) is 17.2 Å². The Morgan fingerprint density at radius 2 is 1.54 bits per heavy atom. The number of carbonyl (C=O) groups is 2. The maximum atomic E-state index is 12.3. The van der Waals surface area contributed by atoms with E-state index in [2.05, 4.69) is 31.3 Å². The highest BCUT2D eigenvalue weighted by Gasteiger charge is 2.19. The lowest BCUT2D eigenvalue weighted by atomic mass is 9.93. The van der Waals surface area contributed by atoms with Crippen LogP contribution in [0.1, 0.15) is 66.7 Å². The molecule has 0 saturated heterocycles. The Hall–Kier alpha value is -3.13. The molecule has 0 fully saturated rings. The van der Waals surface area contributed by atoms with Crippen LogP contribution in [0.25, 0.3) is 0 Å². The fraction of sp³-hybridized carbons (Fsp3) is 0.348. The van der Waals surface area contributed by atoms with Crippen molar-refractivity contribution < 1.29 is 14.3 Å². The number of carbonyl (C=O) groups excluding carboxylic acids is 2. The van der Waals surface area contributed by atoms with E-state index < -0.39 is 5.97 Å². The summed E-state index contributed by atoms with van der Waals surface area (Å²) in [5.41, 5.74) is 3.02. The summed E-state index contributed by atoms with van der Waals surface area (Å²) in [6.45, 7) is 7.98. The number of ether oxygens (including phenoxy) is 1. The van der Waals surface area contributed by atoms with Crippen LogP contribution in [0.2, 0.25) is 0 Å². The van der Waals surface area contributed by atoms with Crippen molar-refractivity contribution in [1.82, 2.24) is 5.32 Å². The topological polar surface area (TPSA) is 79.2 Å². The fourth-order valence-electron chi connectivity index (χ4n) is 2.83.